The van der Waals surface area contributed by atoms with Crippen LogP contribution in [-0.2, 0) is 16.0 Å². The summed E-state index contributed by atoms with van der Waals surface area (Å²) in [5.74, 6) is 1.70. The molecule has 0 radical (unpaired) electrons. The van der Waals surface area contributed by atoms with Crippen LogP contribution in [0.25, 0.3) is 6.08 Å². The molecular formula is C27H37NO5. The lowest BCUT2D eigenvalue weighted by atomic mass is 9.96. The van der Waals surface area contributed by atoms with Gasteiger partial charge in [-0.25, -0.2) is 4.79 Å². The third-order valence-corrected chi connectivity index (χ3v) is 5.56. The fourth-order valence-electron chi connectivity index (χ4n) is 3.94. The topological polar surface area (TPSA) is 66.9 Å². The monoisotopic (exact) mass is 455 g/mol. The van der Waals surface area contributed by atoms with Crippen LogP contribution < -0.4 is 14.2 Å². The molecule has 0 amide bonds. The number of aromatic nitrogens is 1. The largest absolute Gasteiger partial charge is 0.496 e. The number of aryl methyl sites for hydroxylation is 1. The van der Waals surface area contributed by atoms with Crippen LogP contribution in [0.15, 0.2) is 30.1 Å². The number of carbonyl (C=O) groups excluding carboxylic acids is 1. The van der Waals surface area contributed by atoms with E-state index in [9.17, 15) is 4.79 Å². The molecule has 0 aliphatic heterocycles. The van der Waals surface area contributed by atoms with E-state index >= 15 is 0 Å². The van der Waals surface area contributed by atoms with Crippen molar-refractivity contribution < 1.29 is 23.7 Å². The molecule has 0 atom stereocenters. The third-order valence-electron chi connectivity index (χ3n) is 5.56. The molecule has 180 valence electrons. The van der Waals surface area contributed by atoms with Gasteiger partial charge in [-0.2, -0.15) is 0 Å². The van der Waals surface area contributed by atoms with Crippen molar-refractivity contribution in [2.45, 2.75) is 59.8 Å². The first-order valence-corrected chi connectivity index (χ1v) is 11.6. The number of nitrogens with zero attached hydrogens (tertiary/aromatic N) is 1. The number of esters is 1. The summed E-state index contributed by atoms with van der Waals surface area (Å²) in [6.45, 7) is 8.49. The minimum Gasteiger partial charge on any atom is -0.496 e. The van der Waals surface area contributed by atoms with Crippen molar-refractivity contribution >= 4 is 12.0 Å². The van der Waals surface area contributed by atoms with Crippen molar-refractivity contribution in [2.75, 3.05) is 27.4 Å². The van der Waals surface area contributed by atoms with Gasteiger partial charge >= 0.3 is 5.97 Å². The van der Waals surface area contributed by atoms with E-state index in [4.69, 9.17) is 18.9 Å². The molecular weight excluding hydrogens is 418 g/mol. The smallest absolute Gasteiger partial charge is 0.334 e. The molecule has 1 heterocycles. The van der Waals surface area contributed by atoms with E-state index in [2.05, 4.69) is 11.1 Å². The maximum Gasteiger partial charge on any atom is 0.334 e. The van der Waals surface area contributed by atoms with Crippen LogP contribution in [0.4, 0.5) is 0 Å². The molecule has 0 aliphatic carbocycles. The summed E-state index contributed by atoms with van der Waals surface area (Å²) in [5, 5.41) is 0. The van der Waals surface area contributed by atoms with Gasteiger partial charge in [0, 0.05) is 34.7 Å². The van der Waals surface area contributed by atoms with Crippen molar-refractivity contribution in [1.82, 2.24) is 4.98 Å². The fraction of sp³-hybridized carbons (Fsp3) is 0.481. The molecule has 2 aromatic rings. The molecule has 1 aromatic carbocycles. The van der Waals surface area contributed by atoms with Crippen LogP contribution in [0.1, 0.15) is 61.8 Å². The Morgan fingerprint density at radius 3 is 2.33 bits per heavy atom. The molecule has 0 saturated heterocycles. The summed E-state index contributed by atoms with van der Waals surface area (Å²) in [4.78, 5) is 16.9. The Kier molecular flexibility index (Phi) is 10.7. The highest BCUT2D eigenvalue weighted by Gasteiger charge is 2.22. The lowest BCUT2D eigenvalue weighted by molar-refractivity contribution is -0.138. The number of methoxy groups -OCH3 is 2. The normalized spacial score (nSPS) is 11.3. The van der Waals surface area contributed by atoms with Crippen LogP contribution in [0, 0.1) is 13.8 Å². The average molecular weight is 456 g/mol. The summed E-state index contributed by atoms with van der Waals surface area (Å²) >= 11 is 0. The van der Waals surface area contributed by atoms with Crippen molar-refractivity contribution in [3.63, 3.8) is 0 Å². The first-order valence-electron chi connectivity index (χ1n) is 11.6. The number of ether oxygens (including phenoxy) is 4. The number of unbranched alkanes of at least 4 members (excludes halogenated alkanes) is 2. The van der Waals surface area contributed by atoms with Gasteiger partial charge in [0.1, 0.15) is 5.75 Å². The van der Waals surface area contributed by atoms with Crippen molar-refractivity contribution in [1.29, 1.82) is 0 Å². The first-order chi connectivity index (χ1) is 16.0. The highest BCUT2D eigenvalue weighted by Crippen LogP contribution is 2.44. The van der Waals surface area contributed by atoms with E-state index in [0.29, 0.717) is 42.5 Å². The number of pyridine rings is 1. The molecule has 0 aliphatic rings. The Hall–Kier alpha value is -3.02. The Bertz CT molecular complexity index is 938. The molecule has 0 bridgehead atoms. The lowest BCUT2D eigenvalue weighted by Gasteiger charge is -2.21. The number of rotatable bonds is 13. The van der Waals surface area contributed by atoms with Crippen LogP contribution in [-0.4, -0.2) is 38.4 Å². The predicted molar refractivity (Wildman–Crippen MR) is 131 cm³/mol. The average Bonchev–Trinajstić information content (AvgIpc) is 2.82. The Balaban J connectivity index is 2.29. The first kappa shape index (κ1) is 26.2. The molecule has 0 N–H and O–H groups in total. The molecule has 2 rings (SSSR count). The number of hydrogen-bond acceptors (Lipinski definition) is 6. The zero-order chi connectivity index (χ0) is 24.2. The van der Waals surface area contributed by atoms with E-state index in [1.165, 1.54) is 5.56 Å². The number of hydrogen-bond donors (Lipinski definition) is 0. The predicted octanol–water partition coefficient (Wildman–Crippen LogP) is 5.86. The van der Waals surface area contributed by atoms with Crippen molar-refractivity contribution in [2.24, 2.45) is 0 Å². The molecule has 6 heteroatoms. The van der Waals surface area contributed by atoms with Crippen LogP contribution in [0.3, 0.4) is 0 Å². The summed E-state index contributed by atoms with van der Waals surface area (Å²) in [6, 6.07) is 4.05. The number of benzene rings is 1. The second-order valence-corrected chi connectivity index (χ2v) is 7.80. The van der Waals surface area contributed by atoms with Gasteiger partial charge in [-0.15, -0.1) is 0 Å². The second kappa shape index (κ2) is 13.5. The molecule has 0 unspecified atom stereocenters. The maximum absolute atomic E-state index is 12.8. The van der Waals surface area contributed by atoms with Gasteiger partial charge in [0.15, 0.2) is 11.5 Å². The number of carbonyl (C=O) groups is 1. The molecule has 33 heavy (non-hydrogen) atoms. The van der Waals surface area contributed by atoms with Gasteiger partial charge in [-0.05, 0) is 71.1 Å². The van der Waals surface area contributed by atoms with Crippen molar-refractivity contribution in [3.8, 4) is 17.2 Å². The zero-order valence-electron chi connectivity index (χ0n) is 20.8. The standard InChI is InChI=1S/C27H37NO5/c1-7-32-26-20(4)24(30-5)23(19(3)25(26)31-6)17-22(27(29)33-8-2)15-11-9-10-13-21-14-12-16-28-18-21/h12,14,16-18H,7-11,13,15H2,1-6H3/b22-17+. The summed E-state index contributed by atoms with van der Waals surface area (Å²) in [6.07, 6.45) is 10.1. The Morgan fingerprint density at radius 2 is 1.73 bits per heavy atom. The van der Waals surface area contributed by atoms with Gasteiger partial charge in [0.2, 0.25) is 0 Å². The Morgan fingerprint density at radius 1 is 0.970 bits per heavy atom. The van der Waals surface area contributed by atoms with Gasteiger partial charge in [-0.1, -0.05) is 12.5 Å². The van der Waals surface area contributed by atoms with Gasteiger partial charge in [0.25, 0.3) is 0 Å². The minimum atomic E-state index is -0.295. The summed E-state index contributed by atoms with van der Waals surface area (Å²) in [7, 11) is 3.25. The van der Waals surface area contributed by atoms with E-state index in [0.717, 1.165) is 42.4 Å². The second-order valence-electron chi connectivity index (χ2n) is 7.80. The quantitative estimate of drug-likeness (QED) is 0.214. The van der Waals surface area contributed by atoms with Gasteiger partial charge in [0.05, 0.1) is 27.4 Å². The SMILES string of the molecule is CCOC(=O)/C(=C/c1c(C)c(OC)c(OCC)c(C)c1OC)CCCCCc1cccnc1. The zero-order valence-corrected chi connectivity index (χ0v) is 20.8. The van der Waals surface area contributed by atoms with E-state index < -0.39 is 0 Å². The summed E-state index contributed by atoms with van der Waals surface area (Å²) < 4.78 is 22.6. The van der Waals surface area contributed by atoms with Crippen LogP contribution >= 0.6 is 0 Å². The van der Waals surface area contributed by atoms with E-state index in [1.54, 1.807) is 20.4 Å². The van der Waals surface area contributed by atoms with E-state index in [1.807, 2.05) is 46.0 Å². The molecule has 1 aromatic heterocycles. The van der Waals surface area contributed by atoms with Crippen molar-refractivity contribution in [3.05, 3.63) is 52.4 Å². The Labute approximate surface area is 197 Å². The molecule has 0 fully saturated rings. The summed E-state index contributed by atoms with van der Waals surface area (Å²) in [5.41, 5.74) is 4.38. The van der Waals surface area contributed by atoms with Crippen LogP contribution in [0.2, 0.25) is 0 Å². The highest BCUT2D eigenvalue weighted by atomic mass is 16.5. The fourth-order valence-corrected chi connectivity index (χ4v) is 3.94. The van der Waals surface area contributed by atoms with Gasteiger partial charge < -0.3 is 18.9 Å². The van der Waals surface area contributed by atoms with Gasteiger partial charge in [-0.3, -0.25) is 4.98 Å². The van der Waals surface area contributed by atoms with E-state index in [-0.39, 0.29) is 5.97 Å². The minimum absolute atomic E-state index is 0.295. The highest BCUT2D eigenvalue weighted by molar-refractivity contribution is 5.95. The molecule has 0 spiro atoms. The third kappa shape index (κ3) is 6.98. The lowest BCUT2D eigenvalue weighted by Crippen LogP contribution is -2.09. The molecule has 0 saturated carbocycles. The maximum atomic E-state index is 12.8. The molecule has 6 nitrogen and oxygen atoms in total. The van der Waals surface area contributed by atoms with Crippen LogP contribution in [0.5, 0.6) is 17.2 Å².